The summed E-state index contributed by atoms with van der Waals surface area (Å²) in [6.45, 7) is 2.24. The minimum absolute atomic E-state index is 0.0915. The molecule has 2 aliphatic rings. The topological polar surface area (TPSA) is 44.8 Å². The minimum Gasteiger partial charge on any atom is -0.463 e. The molecule has 106 valence electrons. The van der Waals surface area contributed by atoms with Crippen LogP contribution >= 0.6 is 0 Å². The van der Waals surface area contributed by atoms with Crippen LogP contribution in [-0.2, 0) is 31.4 Å². The fourth-order valence-electron chi connectivity index (χ4n) is 2.78. The molecule has 4 nitrogen and oxygen atoms in total. The highest BCUT2D eigenvalue weighted by molar-refractivity contribution is 5.86. The molecule has 2 heterocycles. The summed E-state index contributed by atoms with van der Waals surface area (Å²) in [5.41, 5.74) is 1.53. The number of fused-ring (bicyclic) bond motifs is 2. The number of hydrogen-bond acceptors (Lipinski definition) is 4. The van der Waals surface area contributed by atoms with Crippen LogP contribution in [-0.4, -0.2) is 13.1 Å². The van der Waals surface area contributed by atoms with E-state index in [0.717, 1.165) is 11.1 Å². The van der Waals surface area contributed by atoms with Gasteiger partial charge in [0.2, 0.25) is 11.5 Å². The van der Waals surface area contributed by atoms with E-state index >= 15 is 0 Å². The Labute approximate surface area is 116 Å². The molecule has 0 aromatic heterocycles. The molecule has 3 rings (SSSR count). The van der Waals surface area contributed by atoms with Crippen molar-refractivity contribution in [2.24, 2.45) is 5.92 Å². The van der Waals surface area contributed by atoms with Gasteiger partial charge in [-0.15, -0.1) is 0 Å². The monoisotopic (exact) mass is 278 g/mol. The van der Waals surface area contributed by atoms with Crippen LogP contribution < -0.4 is 0 Å². The highest BCUT2D eigenvalue weighted by Gasteiger charge is 2.47. The zero-order chi connectivity index (χ0) is 14.3. The fraction of sp³-hybridized carbons (Fsp3) is 0.400. The van der Waals surface area contributed by atoms with E-state index in [1.807, 2.05) is 6.92 Å². The van der Waals surface area contributed by atoms with Gasteiger partial charge in [0, 0.05) is 12.0 Å². The van der Waals surface area contributed by atoms with Gasteiger partial charge < -0.3 is 14.2 Å². The van der Waals surface area contributed by atoms with Gasteiger partial charge in [-0.1, -0.05) is 6.92 Å². The second-order valence-electron chi connectivity index (χ2n) is 5.15. The molecule has 20 heavy (non-hydrogen) atoms. The van der Waals surface area contributed by atoms with E-state index < -0.39 is 11.8 Å². The summed E-state index contributed by atoms with van der Waals surface area (Å²) in [6, 6.07) is 4.47. The Balaban J connectivity index is 2.00. The third-order valence-corrected chi connectivity index (χ3v) is 3.63. The first-order valence-corrected chi connectivity index (χ1v) is 6.46. The Hall–Kier alpha value is -1.88. The average molecular weight is 278 g/mol. The number of halogens is 1. The molecule has 0 radical (unpaired) electrons. The lowest BCUT2D eigenvalue weighted by Crippen LogP contribution is -2.36. The molecule has 2 aliphatic heterocycles. The summed E-state index contributed by atoms with van der Waals surface area (Å²) >= 11 is 0. The second kappa shape index (κ2) is 4.59. The van der Waals surface area contributed by atoms with Crippen LogP contribution in [0.25, 0.3) is 0 Å². The zero-order valence-electron chi connectivity index (χ0n) is 11.3. The molecular weight excluding hydrogens is 263 g/mol. The van der Waals surface area contributed by atoms with Gasteiger partial charge in [-0.3, -0.25) is 0 Å². The Morgan fingerprint density at radius 3 is 3.05 bits per heavy atom. The number of esters is 1. The number of allylic oxidation sites excluding steroid dienone is 1. The van der Waals surface area contributed by atoms with Crippen molar-refractivity contribution in [3.63, 3.8) is 0 Å². The predicted molar refractivity (Wildman–Crippen MR) is 67.8 cm³/mol. The van der Waals surface area contributed by atoms with Crippen molar-refractivity contribution >= 4 is 5.97 Å². The lowest BCUT2D eigenvalue weighted by Gasteiger charge is -2.35. The van der Waals surface area contributed by atoms with E-state index in [0.29, 0.717) is 6.42 Å². The van der Waals surface area contributed by atoms with E-state index in [-0.39, 0.29) is 24.1 Å². The van der Waals surface area contributed by atoms with Crippen LogP contribution in [0.5, 0.6) is 0 Å². The molecule has 0 aliphatic carbocycles. The minimum atomic E-state index is -1.01. The SMILES string of the molecule is COC(=O)C1=C[C@H](C)C[C@@]2(OCc3cc(F)ccc32)O1. The average Bonchev–Trinajstić information content (AvgIpc) is 2.74. The van der Waals surface area contributed by atoms with Crippen molar-refractivity contribution in [3.8, 4) is 0 Å². The van der Waals surface area contributed by atoms with Gasteiger partial charge in [-0.25, -0.2) is 9.18 Å². The van der Waals surface area contributed by atoms with Crippen molar-refractivity contribution in [2.45, 2.75) is 25.7 Å². The van der Waals surface area contributed by atoms with E-state index in [1.165, 1.54) is 19.2 Å². The Bertz CT molecular complexity index is 596. The van der Waals surface area contributed by atoms with Gasteiger partial charge in [0.25, 0.3) is 0 Å². The maximum Gasteiger partial charge on any atom is 0.373 e. The first-order valence-electron chi connectivity index (χ1n) is 6.46. The largest absolute Gasteiger partial charge is 0.463 e. The van der Waals surface area contributed by atoms with Gasteiger partial charge in [-0.2, -0.15) is 0 Å². The molecule has 0 unspecified atom stereocenters. The maximum absolute atomic E-state index is 13.3. The number of carbonyl (C=O) groups excluding carboxylic acids is 1. The van der Waals surface area contributed by atoms with Gasteiger partial charge >= 0.3 is 5.97 Å². The highest BCUT2D eigenvalue weighted by Crippen LogP contribution is 2.46. The van der Waals surface area contributed by atoms with Crippen LogP contribution in [0.3, 0.4) is 0 Å². The van der Waals surface area contributed by atoms with Crippen molar-refractivity contribution in [3.05, 3.63) is 47.0 Å². The third kappa shape index (κ3) is 1.98. The zero-order valence-corrected chi connectivity index (χ0v) is 11.3. The van der Waals surface area contributed by atoms with Crippen LogP contribution in [0.2, 0.25) is 0 Å². The van der Waals surface area contributed by atoms with E-state index in [4.69, 9.17) is 14.2 Å². The highest BCUT2D eigenvalue weighted by atomic mass is 19.1. The Kier molecular flexibility index (Phi) is 3.01. The molecular formula is C15H15FO4. The molecule has 0 saturated carbocycles. The van der Waals surface area contributed by atoms with Gasteiger partial charge in [0.1, 0.15) is 5.82 Å². The number of benzene rings is 1. The normalized spacial score (nSPS) is 27.8. The van der Waals surface area contributed by atoms with Gasteiger partial charge in [-0.05, 0) is 35.8 Å². The summed E-state index contributed by atoms with van der Waals surface area (Å²) in [4.78, 5) is 11.7. The van der Waals surface area contributed by atoms with Gasteiger partial charge in [0.05, 0.1) is 13.7 Å². The van der Waals surface area contributed by atoms with Crippen LogP contribution in [0, 0.1) is 11.7 Å². The number of carbonyl (C=O) groups is 1. The van der Waals surface area contributed by atoms with Crippen molar-refractivity contribution in [2.75, 3.05) is 7.11 Å². The van der Waals surface area contributed by atoms with E-state index in [9.17, 15) is 9.18 Å². The summed E-state index contributed by atoms with van der Waals surface area (Å²) in [5, 5.41) is 0. The lowest BCUT2D eigenvalue weighted by molar-refractivity contribution is -0.234. The summed E-state index contributed by atoms with van der Waals surface area (Å²) in [7, 11) is 1.30. The van der Waals surface area contributed by atoms with Crippen molar-refractivity contribution in [1.29, 1.82) is 0 Å². The molecule has 1 aromatic carbocycles. The summed E-state index contributed by atoms with van der Waals surface area (Å²) < 4.78 is 29.5. The fourth-order valence-corrected chi connectivity index (χ4v) is 2.78. The van der Waals surface area contributed by atoms with Crippen molar-refractivity contribution in [1.82, 2.24) is 0 Å². The summed E-state index contributed by atoms with van der Waals surface area (Å²) in [6.07, 6.45) is 2.30. The van der Waals surface area contributed by atoms with Crippen LogP contribution in [0.15, 0.2) is 30.0 Å². The predicted octanol–water partition coefficient (Wildman–Crippen LogP) is 2.62. The van der Waals surface area contributed by atoms with Crippen LogP contribution in [0.1, 0.15) is 24.5 Å². The number of rotatable bonds is 1. The number of ether oxygens (including phenoxy) is 3. The maximum atomic E-state index is 13.3. The molecule has 1 spiro atoms. The third-order valence-electron chi connectivity index (χ3n) is 3.63. The number of methoxy groups -OCH3 is 1. The molecule has 0 fully saturated rings. The van der Waals surface area contributed by atoms with Crippen LogP contribution in [0.4, 0.5) is 4.39 Å². The first kappa shape index (κ1) is 13.1. The molecule has 0 saturated heterocycles. The standard InChI is InChI=1S/C15H15FO4/c1-9-5-13(14(17)18-2)20-15(7-9)12-4-3-11(16)6-10(12)8-19-15/h3-6,9H,7-8H2,1-2H3/t9-,15+/m0/s1. The molecule has 0 bridgehead atoms. The van der Waals surface area contributed by atoms with E-state index in [2.05, 4.69) is 0 Å². The molecule has 1 aromatic rings. The van der Waals surface area contributed by atoms with Gasteiger partial charge in [0.15, 0.2) is 0 Å². The molecule has 5 heteroatoms. The Morgan fingerprint density at radius 1 is 1.50 bits per heavy atom. The first-order chi connectivity index (χ1) is 9.54. The Morgan fingerprint density at radius 2 is 2.30 bits per heavy atom. The molecule has 0 amide bonds. The number of hydrogen-bond donors (Lipinski definition) is 0. The smallest absolute Gasteiger partial charge is 0.373 e. The second-order valence-corrected chi connectivity index (χ2v) is 5.15. The lowest BCUT2D eigenvalue weighted by atomic mass is 9.91. The van der Waals surface area contributed by atoms with Crippen molar-refractivity contribution < 1.29 is 23.4 Å². The molecule has 0 N–H and O–H groups in total. The quantitative estimate of drug-likeness (QED) is 0.741. The summed E-state index contributed by atoms with van der Waals surface area (Å²) in [5.74, 6) is -1.62. The van der Waals surface area contributed by atoms with E-state index in [1.54, 1.807) is 12.1 Å². The molecule has 2 atom stereocenters.